The fourth-order valence-electron chi connectivity index (χ4n) is 3.34. The fourth-order valence-corrected chi connectivity index (χ4v) is 4.44. The number of carbonyl (C=O) groups is 3. The number of furan rings is 1. The molecule has 3 rings (SSSR count). The molecule has 2 aromatic rings. The molecular formula is C20H24N2O5S. The van der Waals surface area contributed by atoms with Gasteiger partial charge in [0.2, 0.25) is 0 Å². The second-order valence-corrected chi connectivity index (χ2v) is 7.74. The monoisotopic (exact) mass is 404 g/mol. The molecule has 150 valence electrons. The van der Waals surface area contributed by atoms with Gasteiger partial charge in [-0.2, -0.15) is 0 Å². The van der Waals surface area contributed by atoms with E-state index in [0.717, 1.165) is 37.0 Å². The third-order valence-electron chi connectivity index (χ3n) is 4.75. The molecular weight excluding hydrogens is 380 g/mol. The topological polar surface area (TPSA) is 97.6 Å². The third-order valence-corrected chi connectivity index (χ3v) is 5.93. The van der Waals surface area contributed by atoms with Gasteiger partial charge in [-0.15, -0.1) is 11.3 Å². The van der Waals surface area contributed by atoms with Crippen LogP contribution < -0.4 is 10.6 Å². The third kappa shape index (κ3) is 4.44. The van der Waals surface area contributed by atoms with Gasteiger partial charge in [-0.25, -0.2) is 4.79 Å². The molecule has 0 aromatic carbocycles. The first-order valence-corrected chi connectivity index (χ1v) is 10.3. The molecule has 7 nitrogen and oxygen atoms in total. The van der Waals surface area contributed by atoms with Gasteiger partial charge in [0.05, 0.1) is 18.4 Å². The molecule has 1 aliphatic carbocycles. The van der Waals surface area contributed by atoms with E-state index in [0.29, 0.717) is 21.0 Å². The Morgan fingerprint density at radius 3 is 2.61 bits per heavy atom. The number of esters is 1. The number of carbonyl (C=O) groups excluding carboxylic acids is 3. The SMILES string of the molecule is CCOC(=O)c1sc(NC(=O)c2ccco2)c(C(=O)NC2CCCCC2)c1C. The number of amides is 2. The van der Waals surface area contributed by atoms with Crippen LogP contribution in [-0.4, -0.2) is 30.4 Å². The number of anilines is 1. The summed E-state index contributed by atoms with van der Waals surface area (Å²) in [6.45, 7) is 3.64. The maximum Gasteiger partial charge on any atom is 0.348 e. The number of nitrogens with one attached hydrogen (secondary N) is 2. The van der Waals surface area contributed by atoms with Gasteiger partial charge in [0, 0.05) is 6.04 Å². The lowest BCUT2D eigenvalue weighted by Crippen LogP contribution is -2.36. The molecule has 1 aliphatic rings. The molecule has 0 aliphatic heterocycles. The van der Waals surface area contributed by atoms with E-state index in [1.54, 1.807) is 19.9 Å². The van der Waals surface area contributed by atoms with E-state index < -0.39 is 11.9 Å². The number of hydrogen-bond acceptors (Lipinski definition) is 6. The highest BCUT2D eigenvalue weighted by Gasteiger charge is 2.28. The lowest BCUT2D eigenvalue weighted by atomic mass is 9.95. The van der Waals surface area contributed by atoms with Crippen LogP contribution in [0.4, 0.5) is 5.00 Å². The summed E-state index contributed by atoms with van der Waals surface area (Å²) in [5.41, 5.74) is 0.810. The van der Waals surface area contributed by atoms with E-state index >= 15 is 0 Å². The van der Waals surface area contributed by atoms with Crippen molar-refractivity contribution in [2.45, 2.75) is 52.0 Å². The summed E-state index contributed by atoms with van der Waals surface area (Å²) in [5.74, 6) is -1.14. The maximum atomic E-state index is 13.0. The number of ether oxygens (including phenoxy) is 1. The second-order valence-electron chi connectivity index (χ2n) is 6.72. The van der Waals surface area contributed by atoms with Crippen LogP contribution in [0.2, 0.25) is 0 Å². The minimum Gasteiger partial charge on any atom is -0.462 e. The van der Waals surface area contributed by atoms with Crippen LogP contribution in [0.1, 0.15) is 75.2 Å². The standard InChI is InChI=1S/C20H24N2O5S/c1-3-26-20(25)16-12(2)15(18(24)21-13-8-5-4-6-9-13)19(28-16)22-17(23)14-10-7-11-27-14/h7,10-11,13H,3-6,8-9H2,1-2H3,(H,21,24)(H,22,23). The first-order valence-electron chi connectivity index (χ1n) is 9.47. The van der Waals surface area contributed by atoms with Crippen molar-refractivity contribution in [3.05, 3.63) is 40.2 Å². The van der Waals surface area contributed by atoms with Crippen molar-refractivity contribution >= 4 is 34.1 Å². The van der Waals surface area contributed by atoms with Crippen LogP contribution in [0.15, 0.2) is 22.8 Å². The van der Waals surface area contributed by atoms with E-state index in [9.17, 15) is 14.4 Å². The Kier molecular flexibility index (Phi) is 6.51. The zero-order valence-electron chi connectivity index (χ0n) is 16.0. The van der Waals surface area contributed by atoms with Gasteiger partial charge in [-0.1, -0.05) is 19.3 Å². The molecule has 1 saturated carbocycles. The minimum atomic E-state index is -0.504. The van der Waals surface area contributed by atoms with Gasteiger partial charge >= 0.3 is 5.97 Å². The normalized spacial score (nSPS) is 14.5. The Balaban J connectivity index is 1.89. The Morgan fingerprint density at radius 1 is 1.21 bits per heavy atom. The van der Waals surface area contributed by atoms with E-state index in [2.05, 4.69) is 10.6 Å². The quantitative estimate of drug-likeness (QED) is 0.705. The van der Waals surface area contributed by atoms with Crippen molar-refractivity contribution in [2.75, 3.05) is 11.9 Å². The zero-order valence-corrected chi connectivity index (χ0v) is 16.8. The molecule has 1 fully saturated rings. The van der Waals surface area contributed by atoms with E-state index in [1.807, 2.05) is 0 Å². The number of rotatable bonds is 6. The van der Waals surface area contributed by atoms with Crippen LogP contribution >= 0.6 is 11.3 Å². The van der Waals surface area contributed by atoms with E-state index in [1.165, 1.54) is 18.8 Å². The van der Waals surface area contributed by atoms with Crippen molar-refractivity contribution in [1.29, 1.82) is 0 Å². The largest absolute Gasteiger partial charge is 0.462 e. The second kappa shape index (κ2) is 9.05. The Hall–Kier alpha value is -2.61. The molecule has 2 amide bonds. The highest BCUT2D eigenvalue weighted by atomic mass is 32.1. The summed E-state index contributed by atoms with van der Waals surface area (Å²) in [7, 11) is 0. The predicted octanol–water partition coefficient (Wildman–Crippen LogP) is 4.14. The fraction of sp³-hybridized carbons (Fsp3) is 0.450. The summed E-state index contributed by atoms with van der Waals surface area (Å²) in [6, 6.07) is 3.25. The van der Waals surface area contributed by atoms with Crippen LogP contribution in [0.25, 0.3) is 0 Å². The molecule has 0 unspecified atom stereocenters. The van der Waals surface area contributed by atoms with Crippen molar-refractivity contribution in [2.24, 2.45) is 0 Å². The zero-order chi connectivity index (χ0) is 20.1. The smallest absolute Gasteiger partial charge is 0.348 e. The van der Waals surface area contributed by atoms with E-state index in [-0.39, 0.29) is 24.3 Å². The molecule has 0 bridgehead atoms. The van der Waals surface area contributed by atoms with Gasteiger partial charge in [0.25, 0.3) is 11.8 Å². The number of hydrogen-bond donors (Lipinski definition) is 2. The average molecular weight is 404 g/mol. The maximum absolute atomic E-state index is 13.0. The van der Waals surface area contributed by atoms with Crippen LogP contribution in [0.5, 0.6) is 0 Å². The summed E-state index contributed by atoms with van der Waals surface area (Å²) in [5, 5.41) is 6.07. The first-order chi connectivity index (χ1) is 13.5. The molecule has 8 heteroatoms. The van der Waals surface area contributed by atoms with Crippen molar-refractivity contribution in [1.82, 2.24) is 5.32 Å². The molecule has 28 heavy (non-hydrogen) atoms. The summed E-state index contributed by atoms with van der Waals surface area (Å²) in [6.07, 6.45) is 6.63. The van der Waals surface area contributed by atoms with Gasteiger partial charge < -0.3 is 19.8 Å². The summed E-state index contributed by atoms with van der Waals surface area (Å²) < 4.78 is 10.2. The average Bonchev–Trinajstić information content (AvgIpc) is 3.31. The molecule has 0 saturated heterocycles. The number of thiophene rings is 1. The predicted molar refractivity (Wildman–Crippen MR) is 106 cm³/mol. The van der Waals surface area contributed by atoms with Crippen LogP contribution in [-0.2, 0) is 4.74 Å². The summed E-state index contributed by atoms with van der Waals surface area (Å²) in [4.78, 5) is 38.0. The molecule has 0 atom stereocenters. The minimum absolute atomic E-state index is 0.111. The Morgan fingerprint density at radius 2 is 1.96 bits per heavy atom. The highest BCUT2D eigenvalue weighted by molar-refractivity contribution is 7.18. The first kappa shape index (κ1) is 20.1. The molecule has 2 aromatic heterocycles. The van der Waals surface area contributed by atoms with Gasteiger partial charge in [0.1, 0.15) is 9.88 Å². The molecule has 2 heterocycles. The molecule has 0 radical (unpaired) electrons. The van der Waals surface area contributed by atoms with Crippen molar-refractivity contribution in [3.8, 4) is 0 Å². The van der Waals surface area contributed by atoms with Gasteiger partial charge in [-0.3, -0.25) is 9.59 Å². The van der Waals surface area contributed by atoms with E-state index in [4.69, 9.17) is 9.15 Å². The lowest BCUT2D eigenvalue weighted by Gasteiger charge is -2.23. The molecule has 2 N–H and O–H groups in total. The van der Waals surface area contributed by atoms with Crippen molar-refractivity contribution in [3.63, 3.8) is 0 Å². The van der Waals surface area contributed by atoms with Crippen LogP contribution in [0, 0.1) is 6.92 Å². The van der Waals surface area contributed by atoms with Crippen molar-refractivity contribution < 1.29 is 23.5 Å². The lowest BCUT2D eigenvalue weighted by molar-refractivity contribution is 0.0531. The van der Waals surface area contributed by atoms with Gasteiger partial charge in [-0.05, 0) is 44.4 Å². The Bertz CT molecular complexity index is 850. The molecule has 0 spiro atoms. The summed E-state index contributed by atoms with van der Waals surface area (Å²) >= 11 is 1.04. The Labute approximate surface area is 167 Å². The van der Waals surface area contributed by atoms with Crippen LogP contribution in [0.3, 0.4) is 0 Å². The van der Waals surface area contributed by atoms with Gasteiger partial charge in [0.15, 0.2) is 5.76 Å². The highest BCUT2D eigenvalue weighted by Crippen LogP contribution is 2.34.